The van der Waals surface area contributed by atoms with Crippen LogP contribution in [0.3, 0.4) is 0 Å². The maximum Gasteiger partial charge on any atom is 0.139 e. The summed E-state index contributed by atoms with van der Waals surface area (Å²) >= 11 is 0. The number of rotatable bonds is 6. The molecule has 0 radical (unpaired) electrons. The minimum atomic E-state index is 0.335. The highest BCUT2D eigenvalue weighted by Crippen LogP contribution is 2.18. The number of nitrogens with two attached hydrogens (primary N) is 1. The SMILES string of the molecule is NC(CCCCNC1CC1)=NO. The van der Waals surface area contributed by atoms with Gasteiger partial charge in [-0.15, -0.1) is 0 Å². The molecule has 12 heavy (non-hydrogen) atoms. The zero-order valence-corrected chi connectivity index (χ0v) is 7.29. The van der Waals surface area contributed by atoms with E-state index < -0.39 is 0 Å². The van der Waals surface area contributed by atoms with Crippen molar-refractivity contribution in [3.8, 4) is 0 Å². The number of hydrogen-bond donors (Lipinski definition) is 3. The zero-order chi connectivity index (χ0) is 8.81. The molecule has 0 amide bonds. The summed E-state index contributed by atoms with van der Waals surface area (Å²) in [7, 11) is 0. The van der Waals surface area contributed by atoms with Gasteiger partial charge in [-0.05, 0) is 32.2 Å². The normalized spacial score (nSPS) is 18.2. The third-order valence-corrected chi connectivity index (χ3v) is 2.00. The first kappa shape index (κ1) is 9.32. The van der Waals surface area contributed by atoms with Crippen LogP contribution in [0.5, 0.6) is 0 Å². The lowest BCUT2D eigenvalue weighted by Crippen LogP contribution is -2.18. The number of nitrogens with zero attached hydrogens (tertiary/aromatic N) is 1. The first-order valence-electron chi connectivity index (χ1n) is 4.52. The van der Waals surface area contributed by atoms with Crippen LogP contribution in [0.1, 0.15) is 32.1 Å². The van der Waals surface area contributed by atoms with Gasteiger partial charge in [-0.2, -0.15) is 0 Å². The van der Waals surface area contributed by atoms with E-state index in [1.807, 2.05) is 0 Å². The third kappa shape index (κ3) is 4.18. The lowest BCUT2D eigenvalue weighted by molar-refractivity contribution is 0.316. The number of nitrogens with one attached hydrogen (secondary N) is 1. The first-order chi connectivity index (χ1) is 5.83. The predicted octanol–water partition coefficient (Wildman–Crippen LogP) is 0.655. The summed E-state index contributed by atoms with van der Waals surface area (Å²) < 4.78 is 0. The molecule has 1 aliphatic rings. The highest BCUT2D eigenvalue weighted by Gasteiger charge is 2.19. The van der Waals surface area contributed by atoms with Crippen molar-refractivity contribution in [3.63, 3.8) is 0 Å². The molecule has 0 unspecified atom stereocenters. The highest BCUT2D eigenvalue weighted by atomic mass is 16.4. The van der Waals surface area contributed by atoms with Crippen molar-refractivity contribution in [2.75, 3.05) is 6.54 Å². The Morgan fingerprint density at radius 1 is 1.50 bits per heavy atom. The van der Waals surface area contributed by atoms with Crippen LogP contribution in [-0.2, 0) is 0 Å². The molecule has 1 aliphatic carbocycles. The van der Waals surface area contributed by atoms with E-state index in [9.17, 15) is 0 Å². The molecule has 0 saturated heterocycles. The molecule has 0 atom stereocenters. The summed E-state index contributed by atoms with van der Waals surface area (Å²) in [6.07, 6.45) is 5.46. The fraction of sp³-hybridized carbons (Fsp3) is 0.875. The Kier molecular flexibility index (Phi) is 3.87. The van der Waals surface area contributed by atoms with Gasteiger partial charge < -0.3 is 16.3 Å². The molecule has 0 aromatic heterocycles. The van der Waals surface area contributed by atoms with Gasteiger partial charge >= 0.3 is 0 Å². The molecule has 1 fully saturated rings. The Morgan fingerprint density at radius 3 is 2.83 bits per heavy atom. The van der Waals surface area contributed by atoms with Gasteiger partial charge in [0.25, 0.3) is 0 Å². The minimum Gasteiger partial charge on any atom is -0.409 e. The lowest BCUT2D eigenvalue weighted by atomic mass is 10.2. The molecular weight excluding hydrogens is 154 g/mol. The second-order valence-corrected chi connectivity index (χ2v) is 3.28. The van der Waals surface area contributed by atoms with Crippen LogP contribution in [0.4, 0.5) is 0 Å². The summed E-state index contributed by atoms with van der Waals surface area (Å²) in [6, 6.07) is 0.786. The van der Waals surface area contributed by atoms with E-state index in [1.54, 1.807) is 0 Å². The van der Waals surface area contributed by atoms with Gasteiger partial charge in [0.2, 0.25) is 0 Å². The topological polar surface area (TPSA) is 70.6 Å². The van der Waals surface area contributed by atoms with E-state index in [0.29, 0.717) is 12.3 Å². The first-order valence-corrected chi connectivity index (χ1v) is 4.52. The standard InChI is InChI=1S/C8H17N3O/c9-8(11-12)3-1-2-6-10-7-4-5-7/h7,10,12H,1-6H2,(H2,9,11). The molecule has 0 aliphatic heterocycles. The van der Waals surface area contributed by atoms with Crippen molar-refractivity contribution in [1.82, 2.24) is 5.32 Å². The third-order valence-electron chi connectivity index (χ3n) is 2.00. The van der Waals surface area contributed by atoms with Gasteiger partial charge in [0.05, 0.1) is 0 Å². The quantitative estimate of drug-likeness (QED) is 0.181. The van der Waals surface area contributed by atoms with Gasteiger partial charge in [-0.1, -0.05) is 5.16 Å². The summed E-state index contributed by atoms with van der Waals surface area (Å²) in [6.45, 7) is 1.06. The highest BCUT2D eigenvalue weighted by molar-refractivity contribution is 5.79. The van der Waals surface area contributed by atoms with Crippen molar-refractivity contribution in [1.29, 1.82) is 0 Å². The Hall–Kier alpha value is -0.770. The molecule has 4 heteroatoms. The largest absolute Gasteiger partial charge is 0.409 e. The van der Waals surface area contributed by atoms with Crippen molar-refractivity contribution in [3.05, 3.63) is 0 Å². The van der Waals surface area contributed by atoms with Crippen molar-refractivity contribution >= 4 is 5.84 Å². The molecule has 4 N–H and O–H groups in total. The van der Waals surface area contributed by atoms with Gasteiger partial charge in [0.15, 0.2) is 0 Å². The molecule has 0 spiro atoms. The van der Waals surface area contributed by atoms with Crippen molar-refractivity contribution in [2.45, 2.75) is 38.1 Å². The molecule has 0 bridgehead atoms. The minimum absolute atomic E-state index is 0.335. The molecule has 1 rings (SSSR count). The van der Waals surface area contributed by atoms with Gasteiger partial charge in [0, 0.05) is 12.5 Å². The van der Waals surface area contributed by atoms with Crippen LogP contribution < -0.4 is 11.1 Å². The Morgan fingerprint density at radius 2 is 2.25 bits per heavy atom. The molecule has 0 aromatic rings. The van der Waals surface area contributed by atoms with E-state index in [2.05, 4.69) is 10.5 Å². The number of unbranched alkanes of at least 4 members (excludes halogenated alkanes) is 1. The zero-order valence-electron chi connectivity index (χ0n) is 7.29. The number of amidine groups is 1. The van der Waals surface area contributed by atoms with Crippen LogP contribution in [0.2, 0.25) is 0 Å². The van der Waals surface area contributed by atoms with Crippen molar-refractivity contribution in [2.24, 2.45) is 10.9 Å². The second-order valence-electron chi connectivity index (χ2n) is 3.28. The fourth-order valence-corrected chi connectivity index (χ4v) is 1.07. The second kappa shape index (κ2) is 4.98. The average Bonchev–Trinajstić information content (AvgIpc) is 2.87. The Balaban J connectivity index is 1.81. The summed E-state index contributed by atoms with van der Waals surface area (Å²) in [5.74, 6) is 0.335. The Labute approximate surface area is 72.8 Å². The van der Waals surface area contributed by atoms with Crippen LogP contribution in [0.25, 0.3) is 0 Å². The Bertz CT molecular complexity index is 154. The molecule has 0 aromatic carbocycles. The maximum atomic E-state index is 8.24. The van der Waals surface area contributed by atoms with E-state index in [4.69, 9.17) is 10.9 Å². The number of oxime groups is 1. The van der Waals surface area contributed by atoms with Crippen LogP contribution in [0.15, 0.2) is 5.16 Å². The number of hydrogen-bond acceptors (Lipinski definition) is 3. The van der Waals surface area contributed by atoms with Crippen LogP contribution in [-0.4, -0.2) is 23.6 Å². The van der Waals surface area contributed by atoms with E-state index in [1.165, 1.54) is 12.8 Å². The summed E-state index contributed by atoms with van der Waals surface area (Å²) in [5.41, 5.74) is 5.31. The predicted molar refractivity (Wildman–Crippen MR) is 48.3 cm³/mol. The average molecular weight is 171 g/mol. The summed E-state index contributed by atoms with van der Waals surface area (Å²) in [4.78, 5) is 0. The molecule has 0 heterocycles. The van der Waals surface area contributed by atoms with E-state index in [0.717, 1.165) is 25.4 Å². The maximum absolute atomic E-state index is 8.24. The summed E-state index contributed by atoms with van der Waals surface area (Å²) in [5, 5.41) is 14.5. The fourth-order valence-electron chi connectivity index (χ4n) is 1.07. The van der Waals surface area contributed by atoms with Gasteiger partial charge in [0.1, 0.15) is 5.84 Å². The van der Waals surface area contributed by atoms with Crippen LogP contribution >= 0.6 is 0 Å². The van der Waals surface area contributed by atoms with Gasteiger partial charge in [-0.3, -0.25) is 0 Å². The monoisotopic (exact) mass is 171 g/mol. The van der Waals surface area contributed by atoms with E-state index >= 15 is 0 Å². The van der Waals surface area contributed by atoms with E-state index in [-0.39, 0.29) is 0 Å². The molecular formula is C8H17N3O. The van der Waals surface area contributed by atoms with Gasteiger partial charge in [-0.25, -0.2) is 0 Å². The lowest BCUT2D eigenvalue weighted by Gasteiger charge is -2.01. The molecule has 70 valence electrons. The molecule has 1 saturated carbocycles. The van der Waals surface area contributed by atoms with Crippen LogP contribution in [0, 0.1) is 0 Å². The molecule has 4 nitrogen and oxygen atoms in total. The van der Waals surface area contributed by atoms with Crippen molar-refractivity contribution < 1.29 is 5.21 Å². The smallest absolute Gasteiger partial charge is 0.139 e.